The lowest BCUT2D eigenvalue weighted by molar-refractivity contribution is 0.372. The second-order valence-corrected chi connectivity index (χ2v) is 8.06. The second-order valence-electron chi connectivity index (χ2n) is 8.06. The zero-order valence-corrected chi connectivity index (χ0v) is 17.2. The van der Waals surface area contributed by atoms with Crippen LogP contribution in [0.15, 0.2) is 65.2 Å². The molecule has 0 bridgehead atoms. The number of fused-ring (bicyclic) bond motifs is 1. The Kier molecular flexibility index (Phi) is 5.24. The first-order valence-electron chi connectivity index (χ1n) is 10.6. The summed E-state index contributed by atoms with van der Waals surface area (Å²) < 4.78 is 7.93. The van der Waals surface area contributed by atoms with Crippen LogP contribution in [-0.4, -0.2) is 33.2 Å². The van der Waals surface area contributed by atoms with Gasteiger partial charge in [0.15, 0.2) is 5.89 Å². The number of benzene rings is 2. The number of hydrogen-bond acceptors (Lipinski definition) is 5. The fourth-order valence-electron chi connectivity index (χ4n) is 4.35. The van der Waals surface area contributed by atoms with Gasteiger partial charge in [-0.05, 0) is 43.5 Å². The molecular weight excluding hydrogens is 374 g/mol. The van der Waals surface area contributed by atoms with Crippen LogP contribution in [0.4, 0.5) is 5.95 Å². The quantitative estimate of drug-likeness (QED) is 0.508. The van der Waals surface area contributed by atoms with Gasteiger partial charge >= 0.3 is 0 Å². The largest absolute Gasteiger partial charge is 0.444 e. The van der Waals surface area contributed by atoms with Crippen LogP contribution in [0.1, 0.15) is 30.1 Å². The number of imidazole rings is 1. The van der Waals surface area contributed by atoms with Gasteiger partial charge in [0.25, 0.3) is 0 Å². The Morgan fingerprint density at radius 2 is 1.97 bits per heavy atom. The van der Waals surface area contributed by atoms with Crippen LogP contribution in [0.2, 0.25) is 0 Å². The molecule has 0 unspecified atom stereocenters. The normalized spacial score (nSPS) is 19.2. The summed E-state index contributed by atoms with van der Waals surface area (Å²) >= 11 is 0. The number of oxazole rings is 1. The minimum Gasteiger partial charge on any atom is -0.444 e. The Balaban J connectivity index is 1.36. The lowest BCUT2D eigenvalue weighted by atomic mass is 9.94. The molecule has 1 fully saturated rings. The number of nitrogens with one attached hydrogen (secondary N) is 2. The molecule has 2 aromatic heterocycles. The fourth-order valence-corrected chi connectivity index (χ4v) is 4.35. The van der Waals surface area contributed by atoms with Crippen molar-refractivity contribution in [3.63, 3.8) is 0 Å². The molecule has 6 heteroatoms. The van der Waals surface area contributed by atoms with Gasteiger partial charge in [0.1, 0.15) is 5.76 Å². The van der Waals surface area contributed by atoms with Crippen molar-refractivity contribution >= 4 is 17.0 Å². The van der Waals surface area contributed by atoms with Gasteiger partial charge in [-0.3, -0.25) is 0 Å². The molecule has 30 heavy (non-hydrogen) atoms. The maximum atomic E-state index is 5.74. The molecule has 2 atom stereocenters. The number of nitrogens with zero attached hydrogens (tertiary/aromatic N) is 3. The highest BCUT2D eigenvalue weighted by Crippen LogP contribution is 2.24. The molecule has 0 radical (unpaired) electrons. The summed E-state index contributed by atoms with van der Waals surface area (Å²) in [6.07, 6.45) is 5.00. The predicted molar refractivity (Wildman–Crippen MR) is 119 cm³/mol. The van der Waals surface area contributed by atoms with E-state index in [-0.39, 0.29) is 0 Å². The summed E-state index contributed by atoms with van der Waals surface area (Å²) in [5.41, 5.74) is 3.47. The Hall–Kier alpha value is -3.12. The second kappa shape index (κ2) is 8.32. The molecule has 0 saturated carbocycles. The van der Waals surface area contributed by atoms with Gasteiger partial charge in [0, 0.05) is 19.0 Å². The van der Waals surface area contributed by atoms with Crippen LogP contribution >= 0.6 is 0 Å². The molecule has 1 aliphatic rings. The number of piperidine rings is 1. The summed E-state index contributed by atoms with van der Waals surface area (Å²) in [5, 5.41) is 7.41. The summed E-state index contributed by atoms with van der Waals surface area (Å²) in [6.45, 7) is 3.50. The van der Waals surface area contributed by atoms with Crippen molar-refractivity contribution in [3.05, 3.63) is 78.0 Å². The maximum absolute atomic E-state index is 5.74. The van der Waals surface area contributed by atoms with Crippen LogP contribution in [-0.2, 0) is 13.0 Å². The Labute approximate surface area is 176 Å². The van der Waals surface area contributed by atoms with Gasteiger partial charge in [-0.25, -0.2) is 9.97 Å². The number of aromatic nitrogens is 3. The minimum absolute atomic E-state index is 0.381. The van der Waals surface area contributed by atoms with E-state index in [9.17, 15) is 0 Å². The van der Waals surface area contributed by atoms with Crippen LogP contribution < -0.4 is 10.6 Å². The molecule has 0 spiro atoms. The van der Waals surface area contributed by atoms with E-state index in [0.29, 0.717) is 24.5 Å². The van der Waals surface area contributed by atoms with Crippen molar-refractivity contribution in [1.29, 1.82) is 0 Å². The summed E-state index contributed by atoms with van der Waals surface area (Å²) in [5.74, 6) is 2.42. The first kappa shape index (κ1) is 18.9. The van der Waals surface area contributed by atoms with E-state index >= 15 is 0 Å². The van der Waals surface area contributed by atoms with Crippen molar-refractivity contribution in [2.45, 2.75) is 44.8 Å². The van der Waals surface area contributed by atoms with E-state index < -0.39 is 0 Å². The first-order valence-corrected chi connectivity index (χ1v) is 10.6. The summed E-state index contributed by atoms with van der Waals surface area (Å²) in [4.78, 5) is 9.13. The van der Waals surface area contributed by atoms with Crippen molar-refractivity contribution in [2.75, 3.05) is 11.9 Å². The highest BCUT2D eigenvalue weighted by molar-refractivity contribution is 5.78. The van der Waals surface area contributed by atoms with Crippen LogP contribution in [0.3, 0.4) is 0 Å². The molecule has 5 rings (SSSR count). The summed E-state index contributed by atoms with van der Waals surface area (Å²) in [7, 11) is 0. The van der Waals surface area contributed by atoms with Gasteiger partial charge in [-0.2, -0.15) is 0 Å². The number of hydrogen-bond donors (Lipinski definition) is 2. The van der Waals surface area contributed by atoms with Gasteiger partial charge in [-0.15, -0.1) is 0 Å². The standard InChI is InChI=1S/C24H27N5O/c1-17-26-15-21(30-17)16-29-23-10-6-5-9-22(23)28-24(29)27-19-11-12-25-20(14-19)13-18-7-3-2-4-8-18/h2-10,15,19-20,25H,11-14,16H2,1H3,(H,27,28)/t19-,20+/m0/s1. The molecule has 4 aromatic rings. The van der Waals surface area contributed by atoms with Crippen LogP contribution in [0, 0.1) is 6.92 Å². The zero-order chi connectivity index (χ0) is 20.3. The van der Waals surface area contributed by atoms with Crippen LogP contribution in [0.25, 0.3) is 11.0 Å². The molecule has 0 aliphatic carbocycles. The molecule has 6 nitrogen and oxygen atoms in total. The lowest BCUT2D eigenvalue weighted by Gasteiger charge is -2.31. The van der Waals surface area contributed by atoms with Gasteiger partial charge in [0.2, 0.25) is 5.95 Å². The van der Waals surface area contributed by atoms with Crippen molar-refractivity contribution < 1.29 is 4.42 Å². The minimum atomic E-state index is 0.381. The van der Waals surface area contributed by atoms with Crippen molar-refractivity contribution in [3.8, 4) is 0 Å². The molecule has 3 heterocycles. The molecule has 2 aromatic carbocycles. The van der Waals surface area contributed by atoms with E-state index in [1.807, 2.05) is 13.0 Å². The van der Waals surface area contributed by atoms with Crippen LogP contribution in [0.5, 0.6) is 0 Å². The Morgan fingerprint density at radius 1 is 1.13 bits per heavy atom. The SMILES string of the molecule is Cc1ncc(Cn2c(N[C@H]3CCN[C@H](Cc4ccccc4)C3)nc3ccccc32)o1. The number of anilines is 1. The molecule has 1 saturated heterocycles. The lowest BCUT2D eigenvalue weighted by Crippen LogP contribution is -2.44. The molecule has 0 amide bonds. The van der Waals surface area contributed by atoms with E-state index in [1.54, 1.807) is 6.20 Å². The predicted octanol–water partition coefficient (Wildman–Crippen LogP) is 4.16. The third-order valence-electron chi connectivity index (χ3n) is 5.79. The first-order chi connectivity index (χ1) is 14.7. The molecule has 1 aliphatic heterocycles. The molecular formula is C24H27N5O. The van der Waals surface area contributed by atoms with Crippen molar-refractivity contribution in [1.82, 2.24) is 19.9 Å². The van der Waals surface area contributed by atoms with E-state index in [0.717, 1.165) is 48.5 Å². The Morgan fingerprint density at radius 3 is 2.80 bits per heavy atom. The van der Waals surface area contributed by atoms with E-state index in [2.05, 4.69) is 68.7 Å². The maximum Gasteiger partial charge on any atom is 0.204 e. The number of para-hydroxylation sites is 2. The van der Waals surface area contributed by atoms with Gasteiger partial charge < -0.3 is 19.6 Å². The fraction of sp³-hybridized carbons (Fsp3) is 0.333. The smallest absolute Gasteiger partial charge is 0.204 e. The van der Waals surface area contributed by atoms with E-state index in [4.69, 9.17) is 9.40 Å². The third kappa shape index (κ3) is 4.09. The number of aryl methyl sites for hydroxylation is 1. The van der Waals surface area contributed by atoms with Gasteiger partial charge in [-0.1, -0.05) is 42.5 Å². The topological polar surface area (TPSA) is 67.9 Å². The van der Waals surface area contributed by atoms with Gasteiger partial charge in [0.05, 0.1) is 23.8 Å². The zero-order valence-electron chi connectivity index (χ0n) is 17.2. The van der Waals surface area contributed by atoms with Crippen molar-refractivity contribution in [2.24, 2.45) is 0 Å². The van der Waals surface area contributed by atoms with E-state index in [1.165, 1.54) is 5.56 Å². The monoisotopic (exact) mass is 401 g/mol. The Bertz CT molecular complexity index is 1120. The number of rotatable bonds is 6. The molecule has 2 N–H and O–H groups in total. The molecule has 154 valence electrons. The average molecular weight is 402 g/mol. The summed E-state index contributed by atoms with van der Waals surface area (Å²) in [6, 6.07) is 19.8. The third-order valence-corrected chi connectivity index (χ3v) is 5.79. The average Bonchev–Trinajstić information content (AvgIpc) is 3.33. The highest BCUT2D eigenvalue weighted by atomic mass is 16.4. The highest BCUT2D eigenvalue weighted by Gasteiger charge is 2.23.